The molecule has 4 nitrogen and oxygen atoms in total. The van der Waals surface area contributed by atoms with E-state index in [1.807, 2.05) is 0 Å². The van der Waals surface area contributed by atoms with Gasteiger partial charge in [0.25, 0.3) is 0 Å². The molecule has 0 heterocycles. The minimum atomic E-state index is 0. The zero-order valence-electron chi connectivity index (χ0n) is 11.9. The number of nitrogens with zero attached hydrogens (tertiary/aromatic N) is 2. The predicted molar refractivity (Wildman–Crippen MR) is 87.5 cm³/mol. The SMILES string of the molecule is CCNC(=NCCN(C)CC)NC(C)CC.I. The lowest BCUT2D eigenvalue weighted by molar-refractivity contribution is 0.363. The van der Waals surface area contributed by atoms with E-state index < -0.39 is 0 Å². The first-order valence-electron chi connectivity index (χ1n) is 6.37. The van der Waals surface area contributed by atoms with Crippen LogP contribution in [0.3, 0.4) is 0 Å². The second-order valence-corrected chi connectivity index (χ2v) is 4.11. The van der Waals surface area contributed by atoms with Crippen molar-refractivity contribution in [2.75, 3.05) is 33.2 Å². The molecule has 0 amide bonds. The number of nitrogens with one attached hydrogen (secondary N) is 2. The average molecular weight is 356 g/mol. The maximum Gasteiger partial charge on any atom is 0.191 e. The Hall–Kier alpha value is -0.0400. The Bertz CT molecular complexity index is 197. The number of aliphatic imine (C=N–C) groups is 1. The zero-order chi connectivity index (χ0) is 12.4. The van der Waals surface area contributed by atoms with Crippen molar-refractivity contribution >= 4 is 29.9 Å². The topological polar surface area (TPSA) is 39.7 Å². The molecule has 1 unspecified atom stereocenters. The van der Waals surface area contributed by atoms with Crippen molar-refractivity contribution in [2.45, 2.75) is 40.2 Å². The third-order valence-electron chi connectivity index (χ3n) is 2.63. The quantitative estimate of drug-likeness (QED) is 0.416. The van der Waals surface area contributed by atoms with Crippen LogP contribution in [0.25, 0.3) is 0 Å². The standard InChI is InChI=1S/C12H28N4.HI/c1-6-11(4)15-12(13-7-2)14-9-10-16(5)8-3;/h11H,6-10H2,1-5H3,(H2,13,14,15);1H. The van der Waals surface area contributed by atoms with Crippen LogP contribution in [0.1, 0.15) is 34.1 Å². The molecule has 17 heavy (non-hydrogen) atoms. The van der Waals surface area contributed by atoms with E-state index in [-0.39, 0.29) is 24.0 Å². The minimum Gasteiger partial charge on any atom is -0.357 e. The van der Waals surface area contributed by atoms with Crippen molar-refractivity contribution in [1.82, 2.24) is 15.5 Å². The molecule has 0 fully saturated rings. The van der Waals surface area contributed by atoms with Gasteiger partial charge in [0.2, 0.25) is 0 Å². The number of likely N-dealkylation sites (N-methyl/N-ethyl adjacent to an activating group) is 1. The fourth-order valence-corrected chi connectivity index (χ4v) is 1.15. The molecular formula is C12H29IN4. The van der Waals surface area contributed by atoms with Crippen LogP contribution >= 0.6 is 24.0 Å². The molecule has 2 N–H and O–H groups in total. The lowest BCUT2D eigenvalue weighted by atomic mass is 10.3. The Labute approximate surface area is 124 Å². The van der Waals surface area contributed by atoms with Crippen LogP contribution in [0, 0.1) is 0 Å². The first kappa shape index (κ1) is 19.3. The lowest BCUT2D eigenvalue weighted by Gasteiger charge is -2.17. The molecule has 0 saturated heterocycles. The van der Waals surface area contributed by atoms with Crippen LogP contribution < -0.4 is 10.6 Å². The van der Waals surface area contributed by atoms with Crippen molar-refractivity contribution in [2.24, 2.45) is 4.99 Å². The highest BCUT2D eigenvalue weighted by molar-refractivity contribution is 14.0. The Morgan fingerprint density at radius 1 is 1.29 bits per heavy atom. The fraction of sp³-hybridized carbons (Fsp3) is 0.917. The Balaban J connectivity index is 0. The average Bonchev–Trinajstić information content (AvgIpc) is 2.28. The summed E-state index contributed by atoms with van der Waals surface area (Å²) < 4.78 is 0. The highest BCUT2D eigenvalue weighted by Crippen LogP contribution is 1.88. The Morgan fingerprint density at radius 2 is 1.94 bits per heavy atom. The molecule has 0 aliphatic carbocycles. The number of hydrogen-bond donors (Lipinski definition) is 2. The first-order valence-corrected chi connectivity index (χ1v) is 6.37. The van der Waals surface area contributed by atoms with E-state index in [0.29, 0.717) is 6.04 Å². The van der Waals surface area contributed by atoms with Gasteiger partial charge in [0, 0.05) is 19.1 Å². The smallest absolute Gasteiger partial charge is 0.191 e. The molecule has 0 aromatic heterocycles. The summed E-state index contributed by atoms with van der Waals surface area (Å²) in [6.07, 6.45) is 1.11. The van der Waals surface area contributed by atoms with Crippen LogP contribution in [0.2, 0.25) is 0 Å². The Morgan fingerprint density at radius 3 is 2.41 bits per heavy atom. The van der Waals surface area contributed by atoms with Crippen LogP contribution in [-0.4, -0.2) is 50.1 Å². The summed E-state index contributed by atoms with van der Waals surface area (Å²) in [4.78, 5) is 6.80. The van der Waals surface area contributed by atoms with E-state index in [9.17, 15) is 0 Å². The van der Waals surface area contributed by atoms with E-state index in [2.05, 4.69) is 55.3 Å². The molecule has 0 aliphatic rings. The predicted octanol–water partition coefficient (Wildman–Crippen LogP) is 1.91. The molecule has 0 aliphatic heterocycles. The molecule has 5 heteroatoms. The Kier molecular flexibility index (Phi) is 14.1. The first-order chi connectivity index (χ1) is 7.63. The molecule has 0 aromatic rings. The molecule has 0 radical (unpaired) electrons. The van der Waals surface area contributed by atoms with E-state index in [1.54, 1.807) is 0 Å². The van der Waals surface area contributed by atoms with Gasteiger partial charge in [-0.1, -0.05) is 13.8 Å². The van der Waals surface area contributed by atoms with Crippen LogP contribution in [0.4, 0.5) is 0 Å². The number of halogens is 1. The maximum absolute atomic E-state index is 4.54. The molecule has 0 saturated carbocycles. The summed E-state index contributed by atoms with van der Waals surface area (Å²) in [6, 6.07) is 0.474. The summed E-state index contributed by atoms with van der Waals surface area (Å²) >= 11 is 0. The summed E-state index contributed by atoms with van der Waals surface area (Å²) in [6.45, 7) is 12.4. The number of guanidine groups is 1. The van der Waals surface area contributed by atoms with Gasteiger partial charge in [-0.15, -0.1) is 24.0 Å². The van der Waals surface area contributed by atoms with Gasteiger partial charge in [0.15, 0.2) is 5.96 Å². The third kappa shape index (κ3) is 10.8. The van der Waals surface area contributed by atoms with Gasteiger partial charge in [-0.05, 0) is 33.9 Å². The molecule has 0 rings (SSSR count). The van der Waals surface area contributed by atoms with Crippen molar-refractivity contribution in [3.05, 3.63) is 0 Å². The highest BCUT2D eigenvalue weighted by atomic mass is 127. The van der Waals surface area contributed by atoms with Gasteiger partial charge >= 0.3 is 0 Å². The van der Waals surface area contributed by atoms with Crippen molar-refractivity contribution < 1.29 is 0 Å². The number of rotatable bonds is 7. The van der Waals surface area contributed by atoms with Gasteiger partial charge in [-0.3, -0.25) is 4.99 Å². The molecule has 0 aromatic carbocycles. The normalized spacial score (nSPS) is 13.2. The molecule has 0 spiro atoms. The van der Waals surface area contributed by atoms with Crippen LogP contribution in [0.15, 0.2) is 4.99 Å². The van der Waals surface area contributed by atoms with Gasteiger partial charge in [-0.25, -0.2) is 0 Å². The number of hydrogen-bond acceptors (Lipinski definition) is 2. The van der Waals surface area contributed by atoms with Crippen molar-refractivity contribution in [3.63, 3.8) is 0 Å². The van der Waals surface area contributed by atoms with E-state index in [4.69, 9.17) is 0 Å². The van der Waals surface area contributed by atoms with Gasteiger partial charge in [-0.2, -0.15) is 0 Å². The maximum atomic E-state index is 4.54. The minimum absolute atomic E-state index is 0. The molecular weight excluding hydrogens is 327 g/mol. The summed E-state index contributed by atoms with van der Waals surface area (Å²) in [5, 5.41) is 6.64. The van der Waals surface area contributed by atoms with Crippen molar-refractivity contribution in [3.8, 4) is 0 Å². The molecule has 0 bridgehead atoms. The van der Waals surface area contributed by atoms with Gasteiger partial charge in [0.1, 0.15) is 0 Å². The lowest BCUT2D eigenvalue weighted by Crippen LogP contribution is -2.42. The zero-order valence-corrected chi connectivity index (χ0v) is 14.2. The molecule has 104 valence electrons. The summed E-state index contributed by atoms with van der Waals surface area (Å²) in [5.41, 5.74) is 0. The summed E-state index contributed by atoms with van der Waals surface area (Å²) in [7, 11) is 2.12. The van der Waals surface area contributed by atoms with E-state index in [0.717, 1.165) is 38.6 Å². The van der Waals surface area contributed by atoms with E-state index >= 15 is 0 Å². The fourth-order valence-electron chi connectivity index (χ4n) is 1.15. The second kappa shape index (κ2) is 12.4. The monoisotopic (exact) mass is 356 g/mol. The summed E-state index contributed by atoms with van der Waals surface area (Å²) in [5.74, 6) is 0.932. The molecule has 1 atom stereocenters. The third-order valence-corrected chi connectivity index (χ3v) is 2.63. The second-order valence-electron chi connectivity index (χ2n) is 4.11. The van der Waals surface area contributed by atoms with Gasteiger partial charge in [0.05, 0.1) is 6.54 Å². The largest absolute Gasteiger partial charge is 0.357 e. The van der Waals surface area contributed by atoms with E-state index in [1.165, 1.54) is 0 Å². The van der Waals surface area contributed by atoms with Crippen LogP contribution in [-0.2, 0) is 0 Å². The van der Waals surface area contributed by atoms with Gasteiger partial charge < -0.3 is 15.5 Å². The highest BCUT2D eigenvalue weighted by Gasteiger charge is 2.02. The van der Waals surface area contributed by atoms with Crippen LogP contribution in [0.5, 0.6) is 0 Å². The van der Waals surface area contributed by atoms with Crippen molar-refractivity contribution in [1.29, 1.82) is 0 Å².